The van der Waals surface area contributed by atoms with Crippen LogP contribution in [0.1, 0.15) is 45.1 Å². The Hall–Kier alpha value is -2.10. The second-order valence-corrected chi connectivity index (χ2v) is 6.50. The summed E-state index contributed by atoms with van der Waals surface area (Å²) >= 11 is 0. The molecule has 9 heteroatoms. The maximum absolute atomic E-state index is 11.6. The maximum atomic E-state index is 11.6. The lowest BCUT2D eigenvalue weighted by atomic mass is 9.72. The highest BCUT2D eigenvalue weighted by Crippen LogP contribution is 2.34. The molecule has 1 aromatic rings. The molecule has 2 unspecified atom stereocenters. The molecule has 2 rings (SSSR count). The van der Waals surface area contributed by atoms with Crippen LogP contribution in [0, 0.1) is 5.92 Å². The lowest BCUT2D eigenvalue weighted by molar-refractivity contribution is -0.225. The molecule has 0 aromatic heterocycles. The quantitative estimate of drug-likeness (QED) is 0.386. The van der Waals surface area contributed by atoms with Crippen molar-refractivity contribution in [3.63, 3.8) is 0 Å². The summed E-state index contributed by atoms with van der Waals surface area (Å²) in [6.45, 7) is 6.25. The normalized spacial score (nSPS) is 18.6. The zero-order chi connectivity index (χ0) is 19.4. The molecule has 1 heterocycles. The van der Waals surface area contributed by atoms with E-state index >= 15 is 0 Å². The molecule has 0 aliphatic carbocycles. The van der Waals surface area contributed by atoms with E-state index in [0.717, 1.165) is 0 Å². The number of hydrogen-bond donors (Lipinski definition) is 3. The van der Waals surface area contributed by atoms with Gasteiger partial charge < -0.3 is 29.6 Å². The standard InChI is InChI=1S/C17H24BNO7/c1-9(2)16(21)24-11(4)25-17(22)13-7-5-6-12-8-14(19-10(3)20)18(23)26-15(12)13/h5-7,9,11,14,17,22-23H,8H2,1-4H3,(H,19,20)/t11?,14-,17?/m0/s1. The van der Waals surface area contributed by atoms with Gasteiger partial charge in [0.2, 0.25) is 12.2 Å². The van der Waals surface area contributed by atoms with Crippen molar-refractivity contribution in [3.8, 4) is 5.75 Å². The Bertz CT molecular complexity index is 667. The van der Waals surface area contributed by atoms with Crippen LogP contribution in [0.5, 0.6) is 5.75 Å². The first-order valence-electron chi connectivity index (χ1n) is 8.46. The molecule has 0 spiro atoms. The predicted molar refractivity (Wildman–Crippen MR) is 92.8 cm³/mol. The fraction of sp³-hybridized carbons (Fsp3) is 0.529. The monoisotopic (exact) mass is 365 g/mol. The summed E-state index contributed by atoms with van der Waals surface area (Å²) in [6.07, 6.45) is -2.03. The van der Waals surface area contributed by atoms with E-state index in [1.807, 2.05) is 0 Å². The number of aliphatic hydroxyl groups is 1. The third-order valence-electron chi connectivity index (χ3n) is 3.88. The molecule has 0 fully saturated rings. The summed E-state index contributed by atoms with van der Waals surface area (Å²) in [5, 5.41) is 23.1. The van der Waals surface area contributed by atoms with Crippen LogP contribution < -0.4 is 9.97 Å². The highest BCUT2D eigenvalue weighted by atomic mass is 16.7. The Morgan fingerprint density at radius 1 is 1.35 bits per heavy atom. The second-order valence-electron chi connectivity index (χ2n) is 6.50. The molecule has 0 saturated heterocycles. The molecule has 1 aliphatic heterocycles. The van der Waals surface area contributed by atoms with Gasteiger partial charge in [0.1, 0.15) is 5.75 Å². The molecule has 142 valence electrons. The SMILES string of the molecule is CC(=O)N[C@H]1Cc2cccc(C(O)OC(C)OC(=O)C(C)C)c2OB1O. The molecule has 1 aliphatic rings. The Labute approximate surface area is 152 Å². The van der Waals surface area contributed by atoms with Crippen LogP contribution in [0.3, 0.4) is 0 Å². The van der Waals surface area contributed by atoms with Crippen LogP contribution in [-0.4, -0.2) is 41.4 Å². The lowest BCUT2D eigenvalue weighted by Gasteiger charge is -2.30. The number of nitrogens with one attached hydrogen (secondary N) is 1. The molecule has 1 amide bonds. The number of fused-ring (bicyclic) bond motifs is 1. The molecule has 0 bridgehead atoms. The number of rotatable bonds is 6. The minimum Gasteiger partial charge on any atom is -0.534 e. The maximum Gasteiger partial charge on any atom is 0.547 e. The number of para-hydroxylation sites is 1. The number of amides is 1. The van der Waals surface area contributed by atoms with Gasteiger partial charge in [-0.25, -0.2) is 0 Å². The lowest BCUT2D eigenvalue weighted by Crippen LogP contribution is -2.52. The van der Waals surface area contributed by atoms with Gasteiger partial charge in [-0.05, 0) is 18.9 Å². The minimum atomic E-state index is -1.41. The Morgan fingerprint density at radius 3 is 2.65 bits per heavy atom. The van der Waals surface area contributed by atoms with E-state index < -0.39 is 31.6 Å². The van der Waals surface area contributed by atoms with Crippen LogP contribution in [0.4, 0.5) is 0 Å². The highest BCUT2D eigenvalue weighted by molar-refractivity contribution is 6.46. The largest absolute Gasteiger partial charge is 0.547 e. The van der Waals surface area contributed by atoms with Gasteiger partial charge in [-0.3, -0.25) is 9.59 Å². The van der Waals surface area contributed by atoms with Crippen molar-refractivity contribution < 1.29 is 33.8 Å². The number of aliphatic hydroxyl groups excluding tert-OH is 1. The van der Waals surface area contributed by atoms with Crippen molar-refractivity contribution in [2.24, 2.45) is 5.92 Å². The van der Waals surface area contributed by atoms with Crippen LogP contribution in [0.25, 0.3) is 0 Å². The fourth-order valence-corrected chi connectivity index (χ4v) is 2.61. The van der Waals surface area contributed by atoms with Gasteiger partial charge in [0.25, 0.3) is 0 Å². The van der Waals surface area contributed by atoms with Crippen molar-refractivity contribution in [1.29, 1.82) is 0 Å². The van der Waals surface area contributed by atoms with E-state index in [9.17, 15) is 19.7 Å². The Morgan fingerprint density at radius 2 is 2.04 bits per heavy atom. The average molecular weight is 365 g/mol. The number of carbonyl (C=O) groups excluding carboxylic acids is 2. The van der Waals surface area contributed by atoms with Gasteiger partial charge in [0.15, 0.2) is 6.29 Å². The third kappa shape index (κ3) is 4.97. The Kier molecular flexibility index (Phi) is 6.63. The summed E-state index contributed by atoms with van der Waals surface area (Å²) in [5.41, 5.74) is 1.01. The van der Waals surface area contributed by atoms with Crippen LogP contribution >= 0.6 is 0 Å². The van der Waals surface area contributed by atoms with Crippen molar-refractivity contribution in [3.05, 3.63) is 29.3 Å². The molecule has 1 aromatic carbocycles. The van der Waals surface area contributed by atoms with E-state index in [0.29, 0.717) is 17.5 Å². The first-order chi connectivity index (χ1) is 12.2. The molecule has 3 N–H and O–H groups in total. The number of hydrogen-bond acceptors (Lipinski definition) is 7. The second kappa shape index (κ2) is 8.53. The summed E-state index contributed by atoms with van der Waals surface area (Å²) in [7, 11) is -1.25. The van der Waals surface area contributed by atoms with E-state index in [1.165, 1.54) is 13.8 Å². The fourth-order valence-electron chi connectivity index (χ4n) is 2.61. The number of benzene rings is 1. The van der Waals surface area contributed by atoms with Gasteiger partial charge in [-0.1, -0.05) is 32.0 Å². The van der Waals surface area contributed by atoms with Gasteiger partial charge in [-0.2, -0.15) is 0 Å². The minimum absolute atomic E-state index is 0.276. The van der Waals surface area contributed by atoms with Gasteiger partial charge in [0, 0.05) is 12.5 Å². The highest BCUT2D eigenvalue weighted by Gasteiger charge is 2.37. The third-order valence-corrected chi connectivity index (χ3v) is 3.88. The summed E-state index contributed by atoms with van der Waals surface area (Å²) in [6, 6.07) is 5.07. The predicted octanol–water partition coefficient (Wildman–Crippen LogP) is 0.699. The van der Waals surface area contributed by atoms with Crippen molar-refractivity contribution >= 4 is 19.0 Å². The summed E-state index contributed by atoms with van der Waals surface area (Å²) < 4.78 is 15.9. The van der Waals surface area contributed by atoms with E-state index in [2.05, 4.69) is 5.32 Å². The van der Waals surface area contributed by atoms with Crippen LogP contribution in [0.15, 0.2) is 18.2 Å². The Balaban J connectivity index is 2.12. The van der Waals surface area contributed by atoms with Gasteiger partial charge >= 0.3 is 13.1 Å². The smallest absolute Gasteiger partial charge is 0.534 e. The summed E-state index contributed by atoms with van der Waals surface area (Å²) in [5.74, 6) is -1.33. The van der Waals surface area contributed by atoms with Gasteiger partial charge in [0.05, 0.1) is 11.9 Å². The van der Waals surface area contributed by atoms with Crippen molar-refractivity contribution in [2.75, 3.05) is 0 Å². The number of esters is 1. The van der Waals surface area contributed by atoms with E-state index in [4.69, 9.17) is 14.1 Å². The molecular weight excluding hydrogens is 341 g/mol. The topological polar surface area (TPSA) is 114 Å². The van der Waals surface area contributed by atoms with E-state index in [-0.39, 0.29) is 17.6 Å². The molecule has 0 saturated carbocycles. The number of ether oxygens (including phenoxy) is 2. The molecule has 26 heavy (non-hydrogen) atoms. The zero-order valence-electron chi connectivity index (χ0n) is 15.3. The average Bonchev–Trinajstić information content (AvgIpc) is 2.54. The van der Waals surface area contributed by atoms with Crippen molar-refractivity contribution in [1.82, 2.24) is 5.32 Å². The summed E-state index contributed by atoms with van der Waals surface area (Å²) in [4.78, 5) is 22.8. The van der Waals surface area contributed by atoms with E-state index in [1.54, 1.807) is 32.0 Å². The molecule has 8 nitrogen and oxygen atoms in total. The van der Waals surface area contributed by atoms with Crippen molar-refractivity contribution in [2.45, 2.75) is 52.6 Å². The molecular formula is C17H24BNO7. The van der Waals surface area contributed by atoms with Crippen LogP contribution in [0.2, 0.25) is 0 Å². The zero-order valence-corrected chi connectivity index (χ0v) is 15.3. The first kappa shape index (κ1) is 20.2. The number of carbonyl (C=O) groups is 2. The van der Waals surface area contributed by atoms with Crippen LogP contribution in [-0.2, 0) is 25.5 Å². The first-order valence-corrected chi connectivity index (χ1v) is 8.46. The molecule has 0 radical (unpaired) electrons. The molecule has 3 atom stereocenters. The van der Waals surface area contributed by atoms with Gasteiger partial charge in [-0.15, -0.1) is 0 Å².